The van der Waals surface area contributed by atoms with Crippen molar-refractivity contribution in [3.05, 3.63) is 24.3 Å². The first-order chi connectivity index (χ1) is 7.24. The van der Waals surface area contributed by atoms with Crippen LogP contribution in [0.2, 0.25) is 0 Å². The molecule has 6 nitrogen and oxygen atoms in total. The number of aliphatic carboxylic acids is 1. The lowest BCUT2D eigenvalue weighted by Gasteiger charge is -2.11. The smallest absolute Gasteiger partial charge is 0.343 e. The summed E-state index contributed by atoms with van der Waals surface area (Å²) >= 11 is 0. The second kappa shape index (κ2) is 3.66. The maximum Gasteiger partial charge on any atom is 0.343 e. The molecule has 15 heavy (non-hydrogen) atoms. The van der Waals surface area contributed by atoms with Crippen molar-refractivity contribution in [3.63, 3.8) is 0 Å². The summed E-state index contributed by atoms with van der Waals surface area (Å²) in [4.78, 5) is 10.9. The number of hydrogen-bond acceptors (Lipinski definition) is 4. The SMILES string of the molecule is CNC(C(=O)O)n1nnc2ccccc21. The zero-order valence-electron chi connectivity index (χ0n) is 8.08. The average molecular weight is 206 g/mol. The van der Waals surface area contributed by atoms with E-state index in [1.807, 2.05) is 12.1 Å². The Hall–Kier alpha value is -1.95. The van der Waals surface area contributed by atoms with Crippen LogP contribution in [0.15, 0.2) is 24.3 Å². The third kappa shape index (κ3) is 1.55. The van der Waals surface area contributed by atoms with Crippen LogP contribution in [-0.2, 0) is 4.79 Å². The Balaban J connectivity index is 2.55. The van der Waals surface area contributed by atoms with Crippen LogP contribution in [0.3, 0.4) is 0 Å². The summed E-state index contributed by atoms with van der Waals surface area (Å²) in [6, 6.07) is 7.21. The topological polar surface area (TPSA) is 80.0 Å². The zero-order valence-corrected chi connectivity index (χ0v) is 8.08. The van der Waals surface area contributed by atoms with Crippen molar-refractivity contribution in [1.29, 1.82) is 0 Å². The molecule has 0 aliphatic heterocycles. The van der Waals surface area contributed by atoms with Crippen molar-refractivity contribution in [2.45, 2.75) is 6.17 Å². The molecule has 0 radical (unpaired) electrons. The Morgan fingerprint density at radius 2 is 2.27 bits per heavy atom. The predicted molar refractivity (Wildman–Crippen MR) is 53.3 cm³/mol. The van der Waals surface area contributed by atoms with Crippen molar-refractivity contribution in [1.82, 2.24) is 20.3 Å². The highest BCUT2D eigenvalue weighted by Crippen LogP contribution is 2.13. The Morgan fingerprint density at radius 3 is 2.93 bits per heavy atom. The number of carboxylic acids is 1. The molecule has 0 fully saturated rings. The summed E-state index contributed by atoms with van der Waals surface area (Å²) in [5.41, 5.74) is 1.37. The summed E-state index contributed by atoms with van der Waals surface area (Å²) in [5.74, 6) is -0.992. The van der Waals surface area contributed by atoms with Gasteiger partial charge in [-0.3, -0.25) is 5.32 Å². The summed E-state index contributed by atoms with van der Waals surface area (Å²) in [5, 5.41) is 19.3. The van der Waals surface area contributed by atoms with Gasteiger partial charge in [0.15, 0.2) is 0 Å². The third-order valence-electron chi connectivity index (χ3n) is 2.13. The van der Waals surface area contributed by atoms with Crippen molar-refractivity contribution < 1.29 is 9.90 Å². The third-order valence-corrected chi connectivity index (χ3v) is 2.13. The van der Waals surface area contributed by atoms with E-state index in [9.17, 15) is 4.79 Å². The lowest BCUT2D eigenvalue weighted by molar-refractivity contribution is -0.142. The van der Waals surface area contributed by atoms with Gasteiger partial charge in [-0.05, 0) is 19.2 Å². The van der Waals surface area contributed by atoms with Crippen molar-refractivity contribution in [2.75, 3.05) is 7.05 Å². The molecule has 1 aromatic carbocycles. The van der Waals surface area contributed by atoms with Gasteiger partial charge in [-0.15, -0.1) is 5.10 Å². The fourth-order valence-electron chi connectivity index (χ4n) is 1.43. The number of likely N-dealkylation sites (N-methyl/N-ethyl adjacent to an activating group) is 1. The number of para-hydroxylation sites is 1. The number of nitrogens with zero attached hydrogens (tertiary/aromatic N) is 3. The highest BCUT2D eigenvalue weighted by atomic mass is 16.4. The summed E-state index contributed by atoms with van der Waals surface area (Å²) in [6.07, 6.45) is -0.891. The van der Waals surface area contributed by atoms with E-state index in [4.69, 9.17) is 5.11 Å². The summed E-state index contributed by atoms with van der Waals surface area (Å²) < 4.78 is 1.34. The minimum absolute atomic E-state index is 0.680. The number of carboxylic acid groups (broad SMARTS) is 1. The van der Waals surface area contributed by atoms with Gasteiger partial charge >= 0.3 is 5.97 Å². The molecule has 0 saturated heterocycles. The lowest BCUT2D eigenvalue weighted by atomic mass is 10.3. The molecule has 0 saturated carbocycles. The summed E-state index contributed by atoms with van der Waals surface area (Å²) in [6.45, 7) is 0. The first-order valence-electron chi connectivity index (χ1n) is 4.44. The molecule has 1 atom stereocenters. The number of fused-ring (bicyclic) bond motifs is 1. The molecule has 1 aromatic heterocycles. The molecule has 78 valence electrons. The molecule has 2 rings (SSSR count). The predicted octanol–water partition coefficient (Wildman–Crippen LogP) is 0.234. The number of benzene rings is 1. The number of nitrogens with one attached hydrogen (secondary N) is 1. The van der Waals surface area contributed by atoms with Gasteiger partial charge in [0.2, 0.25) is 6.17 Å². The van der Waals surface area contributed by atoms with Crippen LogP contribution < -0.4 is 5.32 Å². The van der Waals surface area contributed by atoms with Gasteiger partial charge in [-0.2, -0.15) is 0 Å². The lowest BCUT2D eigenvalue weighted by Crippen LogP contribution is -2.31. The quantitative estimate of drug-likeness (QED) is 0.751. The average Bonchev–Trinajstić information content (AvgIpc) is 2.63. The maximum atomic E-state index is 10.9. The van der Waals surface area contributed by atoms with E-state index >= 15 is 0 Å². The molecule has 0 aliphatic rings. The molecular weight excluding hydrogens is 196 g/mol. The van der Waals surface area contributed by atoms with E-state index < -0.39 is 12.1 Å². The maximum absolute atomic E-state index is 10.9. The number of aromatic nitrogens is 3. The second-order valence-electron chi connectivity index (χ2n) is 3.05. The Kier molecular flexibility index (Phi) is 2.34. The van der Waals surface area contributed by atoms with E-state index in [2.05, 4.69) is 15.6 Å². The first-order valence-corrected chi connectivity index (χ1v) is 4.44. The number of rotatable bonds is 3. The highest BCUT2D eigenvalue weighted by Gasteiger charge is 2.20. The summed E-state index contributed by atoms with van der Waals surface area (Å²) in [7, 11) is 1.56. The van der Waals surface area contributed by atoms with Gasteiger partial charge in [-0.1, -0.05) is 17.3 Å². The van der Waals surface area contributed by atoms with Crippen LogP contribution in [-0.4, -0.2) is 33.1 Å². The fourth-order valence-corrected chi connectivity index (χ4v) is 1.43. The Bertz CT molecular complexity index is 494. The van der Waals surface area contributed by atoms with Gasteiger partial charge < -0.3 is 5.11 Å². The Labute approximate surface area is 85.5 Å². The molecule has 0 bridgehead atoms. The molecular formula is C9H10N4O2. The van der Waals surface area contributed by atoms with Gasteiger partial charge in [0.05, 0.1) is 5.52 Å². The van der Waals surface area contributed by atoms with E-state index in [1.54, 1.807) is 19.2 Å². The molecule has 2 N–H and O–H groups in total. The zero-order chi connectivity index (χ0) is 10.8. The largest absolute Gasteiger partial charge is 0.479 e. The Morgan fingerprint density at radius 1 is 1.53 bits per heavy atom. The molecule has 1 heterocycles. The van der Waals surface area contributed by atoms with Crippen LogP contribution in [0, 0.1) is 0 Å². The second-order valence-corrected chi connectivity index (χ2v) is 3.05. The monoisotopic (exact) mass is 206 g/mol. The van der Waals surface area contributed by atoms with E-state index in [0.29, 0.717) is 11.0 Å². The minimum atomic E-state index is -0.992. The van der Waals surface area contributed by atoms with Gasteiger partial charge in [0, 0.05) is 0 Å². The van der Waals surface area contributed by atoms with Crippen LogP contribution in [0.4, 0.5) is 0 Å². The van der Waals surface area contributed by atoms with Crippen molar-refractivity contribution in [2.24, 2.45) is 0 Å². The van der Waals surface area contributed by atoms with Crippen molar-refractivity contribution >= 4 is 17.0 Å². The number of carbonyl (C=O) groups is 1. The van der Waals surface area contributed by atoms with Crippen LogP contribution in [0.1, 0.15) is 6.17 Å². The van der Waals surface area contributed by atoms with Crippen LogP contribution in [0.25, 0.3) is 11.0 Å². The fraction of sp³-hybridized carbons (Fsp3) is 0.222. The van der Waals surface area contributed by atoms with E-state index in [-0.39, 0.29) is 0 Å². The standard InChI is InChI=1S/C9H10N4O2/c1-10-8(9(14)15)13-7-5-3-2-4-6(7)11-12-13/h2-5,8,10H,1H3,(H,14,15). The van der Waals surface area contributed by atoms with Crippen LogP contribution >= 0.6 is 0 Å². The van der Waals surface area contributed by atoms with Gasteiger partial charge in [-0.25, -0.2) is 9.48 Å². The molecule has 1 unspecified atom stereocenters. The van der Waals surface area contributed by atoms with Crippen molar-refractivity contribution in [3.8, 4) is 0 Å². The van der Waals surface area contributed by atoms with E-state index in [0.717, 1.165) is 0 Å². The normalized spacial score (nSPS) is 12.9. The molecule has 0 spiro atoms. The van der Waals surface area contributed by atoms with Crippen LogP contribution in [0.5, 0.6) is 0 Å². The molecule has 6 heteroatoms. The minimum Gasteiger partial charge on any atom is -0.479 e. The number of hydrogen-bond donors (Lipinski definition) is 2. The molecule has 2 aromatic rings. The highest BCUT2D eigenvalue weighted by molar-refractivity contribution is 5.78. The molecule has 0 aliphatic carbocycles. The van der Waals surface area contributed by atoms with Gasteiger partial charge in [0.25, 0.3) is 0 Å². The molecule has 0 amide bonds. The van der Waals surface area contributed by atoms with E-state index in [1.165, 1.54) is 4.68 Å². The van der Waals surface area contributed by atoms with Gasteiger partial charge in [0.1, 0.15) is 5.52 Å². The first kappa shape index (κ1) is 9.60.